The number of nitrogens with one attached hydrogen (secondary N) is 1. The van der Waals surface area contributed by atoms with E-state index in [1.54, 1.807) is 18.7 Å². The summed E-state index contributed by atoms with van der Waals surface area (Å²) in [5, 5.41) is 9.51. The minimum atomic E-state index is -3.73. The lowest BCUT2D eigenvalue weighted by atomic mass is 10.2. The molecule has 3 rings (SSSR count). The van der Waals surface area contributed by atoms with Crippen LogP contribution in [-0.2, 0) is 16.4 Å². The molecule has 2 aromatic rings. The fourth-order valence-electron chi connectivity index (χ4n) is 3.54. The van der Waals surface area contributed by atoms with E-state index in [4.69, 9.17) is 0 Å². The minimum absolute atomic E-state index is 0.0127. The van der Waals surface area contributed by atoms with E-state index in [1.807, 2.05) is 6.26 Å². The Morgan fingerprint density at radius 3 is 2.74 bits per heavy atom. The Morgan fingerprint density at radius 1 is 1.30 bits per heavy atom. The summed E-state index contributed by atoms with van der Waals surface area (Å²) in [5.41, 5.74) is 0.523. The highest BCUT2D eigenvalue weighted by Crippen LogP contribution is 2.33. The number of thioether (sulfide) groups is 1. The van der Waals surface area contributed by atoms with Crippen molar-refractivity contribution >= 4 is 21.8 Å². The number of aryl methyl sites for hydroxylation is 2. The molecule has 0 spiro atoms. The van der Waals surface area contributed by atoms with Gasteiger partial charge in [-0.1, -0.05) is 30.7 Å². The largest absolute Gasteiger partial charge is 0.303 e. The lowest BCUT2D eigenvalue weighted by molar-refractivity contribution is 0.460. The molecule has 1 heterocycles. The zero-order valence-electron chi connectivity index (χ0n) is 15.6. The fourth-order valence-corrected chi connectivity index (χ4v) is 5.44. The molecule has 1 aromatic carbocycles. The van der Waals surface area contributed by atoms with Crippen molar-refractivity contribution in [3.05, 3.63) is 35.4 Å². The van der Waals surface area contributed by atoms with E-state index in [-0.39, 0.29) is 11.4 Å². The number of nitrogens with zero attached hydrogens (tertiary/aromatic N) is 3. The number of sulfonamides is 1. The first-order chi connectivity index (χ1) is 12.9. The van der Waals surface area contributed by atoms with Crippen molar-refractivity contribution < 1.29 is 12.8 Å². The van der Waals surface area contributed by atoms with Crippen LogP contribution in [0.2, 0.25) is 0 Å². The van der Waals surface area contributed by atoms with Crippen LogP contribution >= 0.6 is 11.8 Å². The lowest BCUT2D eigenvalue weighted by Crippen LogP contribution is -2.26. The highest BCUT2D eigenvalue weighted by molar-refractivity contribution is 7.98. The third-order valence-electron chi connectivity index (χ3n) is 4.92. The zero-order valence-corrected chi connectivity index (χ0v) is 17.2. The van der Waals surface area contributed by atoms with Gasteiger partial charge in [-0.05, 0) is 50.1 Å². The van der Waals surface area contributed by atoms with E-state index in [0.29, 0.717) is 24.4 Å². The molecule has 27 heavy (non-hydrogen) atoms. The van der Waals surface area contributed by atoms with Gasteiger partial charge in [-0.25, -0.2) is 17.5 Å². The van der Waals surface area contributed by atoms with Crippen LogP contribution in [0.5, 0.6) is 0 Å². The Bertz CT molecular complexity index is 893. The second-order valence-corrected chi connectivity index (χ2v) is 9.33. The summed E-state index contributed by atoms with van der Waals surface area (Å²) in [5.74, 6) is 0.350. The highest BCUT2D eigenvalue weighted by atomic mass is 32.2. The van der Waals surface area contributed by atoms with Crippen LogP contribution < -0.4 is 4.72 Å². The molecule has 1 saturated carbocycles. The SMILES string of the molecule is CSc1nnc(CCCNS(=O)(=O)c2cc(F)ccc2C)n1C1CCCC1. The second-order valence-electron chi connectivity index (χ2n) is 6.82. The van der Waals surface area contributed by atoms with Gasteiger partial charge in [-0.2, -0.15) is 0 Å². The van der Waals surface area contributed by atoms with Gasteiger partial charge in [0.2, 0.25) is 10.0 Å². The van der Waals surface area contributed by atoms with Crippen LogP contribution in [0.4, 0.5) is 4.39 Å². The van der Waals surface area contributed by atoms with E-state index in [0.717, 1.165) is 29.9 Å². The number of halogens is 1. The predicted molar refractivity (Wildman–Crippen MR) is 104 cm³/mol. The van der Waals surface area contributed by atoms with E-state index in [1.165, 1.54) is 25.0 Å². The molecule has 1 aliphatic carbocycles. The van der Waals surface area contributed by atoms with E-state index in [2.05, 4.69) is 19.5 Å². The number of rotatable bonds is 8. The van der Waals surface area contributed by atoms with Gasteiger partial charge in [-0.3, -0.25) is 0 Å². The van der Waals surface area contributed by atoms with Gasteiger partial charge in [0.05, 0.1) is 4.90 Å². The molecule has 0 atom stereocenters. The van der Waals surface area contributed by atoms with Crippen molar-refractivity contribution in [2.45, 2.75) is 61.5 Å². The molecule has 6 nitrogen and oxygen atoms in total. The van der Waals surface area contributed by atoms with Crippen molar-refractivity contribution in [2.75, 3.05) is 12.8 Å². The van der Waals surface area contributed by atoms with Crippen molar-refractivity contribution in [1.29, 1.82) is 0 Å². The van der Waals surface area contributed by atoms with Crippen molar-refractivity contribution in [1.82, 2.24) is 19.5 Å². The summed E-state index contributed by atoms with van der Waals surface area (Å²) in [4.78, 5) is -0.0127. The molecule has 148 valence electrons. The standard InChI is InChI=1S/C18H25FN4O2S2/c1-13-9-10-14(19)12-16(13)27(24,25)20-11-5-8-17-21-22-18(26-2)23(17)15-6-3-4-7-15/h9-10,12,15,20H,3-8,11H2,1-2H3. The summed E-state index contributed by atoms with van der Waals surface area (Å²) < 4.78 is 43.1. The minimum Gasteiger partial charge on any atom is -0.303 e. The van der Waals surface area contributed by atoms with Gasteiger partial charge in [0.15, 0.2) is 5.16 Å². The molecule has 0 amide bonds. The Balaban J connectivity index is 1.62. The maximum absolute atomic E-state index is 13.4. The van der Waals surface area contributed by atoms with E-state index >= 15 is 0 Å². The first-order valence-corrected chi connectivity index (χ1v) is 11.9. The normalized spacial score (nSPS) is 15.5. The first kappa shape index (κ1) is 20.3. The van der Waals surface area contributed by atoms with Gasteiger partial charge < -0.3 is 4.57 Å². The third kappa shape index (κ3) is 4.70. The lowest BCUT2D eigenvalue weighted by Gasteiger charge is -2.16. The predicted octanol–water partition coefficient (Wildman–Crippen LogP) is 3.47. The van der Waals surface area contributed by atoms with Crippen LogP contribution in [0.15, 0.2) is 28.3 Å². The third-order valence-corrected chi connectivity index (χ3v) is 7.16. The molecule has 0 bridgehead atoms. The van der Waals surface area contributed by atoms with Gasteiger partial charge >= 0.3 is 0 Å². The Hall–Kier alpha value is -1.45. The number of benzene rings is 1. The highest BCUT2D eigenvalue weighted by Gasteiger charge is 2.23. The molecule has 1 aromatic heterocycles. The van der Waals surface area contributed by atoms with Crippen LogP contribution in [0, 0.1) is 12.7 Å². The van der Waals surface area contributed by atoms with Crippen LogP contribution in [-0.4, -0.2) is 36.0 Å². The number of hydrogen-bond acceptors (Lipinski definition) is 5. The monoisotopic (exact) mass is 412 g/mol. The van der Waals surface area contributed by atoms with E-state index < -0.39 is 15.8 Å². The van der Waals surface area contributed by atoms with Gasteiger partial charge in [0.25, 0.3) is 0 Å². The molecule has 1 N–H and O–H groups in total. The summed E-state index contributed by atoms with van der Waals surface area (Å²) in [6.45, 7) is 1.92. The first-order valence-electron chi connectivity index (χ1n) is 9.16. The summed E-state index contributed by atoms with van der Waals surface area (Å²) in [6.07, 6.45) is 7.98. The molecule has 1 fully saturated rings. The Morgan fingerprint density at radius 2 is 2.04 bits per heavy atom. The van der Waals surface area contributed by atoms with Gasteiger partial charge in [0, 0.05) is 19.0 Å². The van der Waals surface area contributed by atoms with Crippen molar-refractivity contribution in [3.63, 3.8) is 0 Å². The van der Waals surface area contributed by atoms with Crippen LogP contribution in [0.25, 0.3) is 0 Å². The smallest absolute Gasteiger partial charge is 0.240 e. The molecular weight excluding hydrogens is 387 g/mol. The molecule has 1 aliphatic rings. The average molecular weight is 413 g/mol. The van der Waals surface area contributed by atoms with Crippen LogP contribution in [0.3, 0.4) is 0 Å². The van der Waals surface area contributed by atoms with Crippen molar-refractivity contribution in [3.8, 4) is 0 Å². The molecule has 0 radical (unpaired) electrons. The molecule has 0 unspecified atom stereocenters. The quantitative estimate of drug-likeness (QED) is 0.531. The number of aromatic nitrogens is 3. The summed E-state index contributed by atoms with van der Waals surface area (Å²) >= 11 is 1.59. The maximum atomic E-state index is 13.4. The van der Waals surface area contributed by atoms with Crippen LogP contribution in [0.1, 0.15) is 49.5 Å². The molecule has 9 heteroatoms. The second kappa shape index (κ2) is 8.70. The summed E-state index contributed by atoms with van der Waals surface area (Å²) in [7, 11) is -3.73. The molecule has 0 saturated heterocycles. The van der Waals surface area contributed by atoms with E-state index in [9.17, 15) is 12.8 Å². The Labute approximate surface area is 164 Å². The molecule has 0 aliphatic heterocycles. The average Bonchev–Trinajstić information content (AvgIpc) is 3.29. The molecular formula is C18H25FN4O2S2. The summed E-state index contributed by atoms with van der Waals surface area (Å²) in [6, 6.07) is 4.23. The van der Waals surface area contributed by atoms with Gasteiger partial charge in [-0.15, -0.1) is 10.2 Å². The fraction of sp³-hybridized carbons (Fsp3) is 0.556. The maximum Gasteiger partial charge on any atom is 0.240 e. The number of hydrogen-bond donors (Lipinski definition) is 1. The van der Waals surface area contributed by atoms with Crippen molar-refractivity contribution in [2.24, 2.45) is 0 Å². The topological polar surface area (TPSA) is 76.9 Å². The van der Waals surface area contributed by atoms with Gasteiger partial charge in [0.1, 0.15) is 11.6 Å². The Kier molecular flexibility index (Phi) is 6.54. The zero-order chi connectivity index (χ0) is 19.4.